The van der Waals surface area contributed by atoms with Crippen LogP contribution in [0.2, 0.25) is 0 Å². The second-order valence-electron chi connectivity index (χ2n) is 4.76. The lowest BCUT2D eigenvalue weighted by Crippen LogP contribution is -2.26. The number of ether oxygens (including phenoxy) is 1. The molecular weight excluding hydrogens is 200 g/mol. The number of para-hydroxylation sites is 2. The van der Waals surface area contributed by atoms with Gasteiger partial charge < -0.3 is 15.8 Å². The van der Waals surface area contributed by atoms with Crippen LogP contribution in [0, 0.1) is 5.41 Å². The summed E-state index contributed by atoms with van der Waals surface area (Å²) in [6.07, 6.45) is 1.01. The third kappa shape index (κ3) is 3.74. The van der Waals surface area contributed by atoms with Crippen molar-refractivity contribution in [1.82, 2.24) is 0 Å². The van der Waals surface area contributed by atoms with Crippen LogP contribution in [0.25, 0.3) is 0 Å². The van der Waals surface area contributed by atoms with Crippen LogP contribution in [-0.4, -0.2) is 20.2 Å². The molecule has 0 fully saturated rings. The van der Waals surface area contributed by atoms with Crippen LogP contribution < -0.4 is 15.8 Å². The Morgan fingerprint density at radius 2 is 2.00 bits per heavy atom. The van der Waals surface area contributed by atoms with Gasteiger partial charge in [-0.05, 0) is 30.5 Å². The van der Waals surface area contributed by atoms with E-state index in [0.29, 0.717) is 0 Å². The largest absolute Gasteiger partial charge is 0.495 e. The van der Waals surface area contributed by atoms with Gasteiger partial charge in [0.1, 0.15) is 5.75 Å². The number of methoxy groups -OCH3 is 1. The number of rotatable bonds is 6. The van der Waals surface area contributed by atoms with E-state index in [4.69, 9.17) is 10.5 Å². The van der Waals surface area contributed by atoms with Crippen LogP contribution in [0.5, 0.6) is 5.75 Å². The molecule has 0 saturated heterocycles. The van der Waals surface area contributed by atoms with Crippen molar-refractivity contribution in [1.29, 1.82) is 0 Å². The van der Waals surface area contributed by atoms with Gasteiger partial charge in [-0.25, -0.2) is 0 Å². The van der Waals surface area contributed by atoms with Crippen LogP contribution in [0.15, 0.2) is 24.3 Å². The van der Waals surface area contributed by atoms with Gasteiger partial charge in [-0.15, -0.1) is 0 Å². The number of anilines is 1. The fourth-order valence-corrected chi connectivity index (χ4v) is 1.60. The van der Waals surface area contributed by atoms with E-state index < -0.39 is 0 Å². The molecule has 0 spiro atoms. The number of nitrogens with one attached hydrogen (secondary N) is 1. The summed E-state index contributed by atoms with van der Waals surface area (Å²) in [4.78, 5) is 0. The predicted octanol–water partition coefficient (Wildman–Crippen LogP) is 2.48. The summed E-state index contributed by atoms with van der Waals surface area (Å²) in [6.45, 7) is 6.04. The van der Waals surface area contributed by atoms with E-state index in [1.807, 2.05) is 24.3 Å². The topological polar surface area (TPSA) is 47.3 Å². The lowest BCUT2D eigenvalue weighted by atomic mass is 9.89. The molecule has 0 amide bonds. The summed E-state index contributed by atoms with van der Waals surface area (Å²) >= 11 is 0. The third-order valence-corrected chi connectivity index (χ3v) is 2.69. The highest BCUT2D eigenvalue weighted by Gasteiger charge is 2.16. The smallest absolute Gasteiger partial charge is 0.141 e. The first kappa shape index (κ1) is 12.8. The molecule has 0 saturated carbocycles. The summed E-state index contributed by atoms with van der Waals surface area (Å²) < 4.78 is 5.28. The molecule has 0 bridgehead atoms. The van der Waals surface area contributed by atoms with Gasteiger partial charge in [0.05, 0.1) is 12.8 Å². The van der Waals surface area contributed by atoms with Crippen LogP contribution in [0.4, 0.5) is 5.69 Å². The zero-order valence-electron chi connectivity index (χ0n) is 10.4. The molecule has 0 aliphatic carbocycles. The van der Waals surface area contributed by atoms with Gasteiger partial charge in [0.2, 0.25) is 0 Å². The SMILES string of the molecule is COc1ccccc1NCC(C)(C)CCN. The zero-order valence-corrected chi connectivity index (χ0v) is 10.4. The standard InChI is InChI=1S/C13H22N2O/c1-13(2,8-9-14)10-15-11-6-4-5-7-12(11)16-3/h4-7,15H,8-10,14H2,1-3H3. The monoisotopic (exact) mass is 222 g/mol. The first-order chi connectivity index (χ1) is 7.59. The summed E-state index contributed by atoms with van der Waals surface area (Å²) in [7, 11) is 1.69. The molecule has 3 nitrogen and oxygen atoms in total. The second-order valence-corrected chi connectivity index (χ2v) is 4.76. The summed E-state index contributed by atoms with van der Waals surface area (Å²) in [5.74, 6) is 0.881. The van der Waals surface area contributed by atoms with Gasteiger partial charge in [0, 0.05) is 6.54 Å². The van der Waals surface area contributed by atoms with Gasteiger partial charge in [-0.1, -0.05) is 26.0 Å². The molecule has 0 aliphatic rings. The van der Waals surface area contributed by atoms with E-state index in [-0.39, 0.29) is 5.41 Å². The van der Waals surface area contributed by atoms with Gasteiger partial charge in [-0.3, -0.25) is 0 Å². The Labute approximate surface area is 98.0 Å². The minimum Gasteiger partial charge on any atom is -0.495 e. The molecule has 90 valence electrons. The van der Waals surface area contributed by atoms with Crippen molar-refractivity contribution in [3.8, 4) is 5.75 Å². The first-order valence-electron chi connectivity index (χ1n) is 5.66. The average molecular weight is 222 g/mol. The molecule has 1 aromatic rings. The number of nitrogens with two attached hydrogens (primary N) is 1. The van der Waals surface area contributed by atoms with Crippen molar-refractivity contribution < 1.29 is 4.74 Å². The molecule has 0 heterocycles. The fourth-order valence-electron chi connectivity index (χ4n) is 1.60. The van der Waals surface area contributed by atoms with E-state index in [2.05, 4.69) is 19.2 Å². The molecule has 3 N–H and O–H groups in total. The number of hydrogen-bond acceptors (Lipinski definition) is 3. The Morgan fingerprint density at radius 3 is 2.62 bits per heavy atom. The van der Waals surface area contributed by atoms with E-state index in [0.717, 1.165) is 30.9 Å². The van der Waals surface area contributed by atoms with E-state index >= 15 is 0 Å². The molecule has 1 aromatic carbocycles. The Morgan fingerprint density at radius 1 is 1.31 bits per heavy atom. The van der Waals surface area contributed by atoms with Crippen molar-refractivity contribution in [3.05, 3.63) is 24.3 Å². The first-order valence-corrected chi connectivity index (χ1v) is 5.66. The van der Waals surface area contributed by atoms with Crippen molar-refractivity contribution in [3.63, 3.8) is 0 Å². The fraction of sp³-hybridized carbons (Fsp3) is 0.538. The number of hydrogen-bond donors (Lipinski definition) is 2. The van der Waals surface area contributed by atoms with Crippen LogP contribution in [0.1, 0.15) is 20.3 Å². The Bertz CT molecular complexity index is 323. The van der Waals surface area contributed by atoms with Gasteiger partial charge in [0.25, 0.3) is 0 Å². The molecule has 0 radical (unpaired) electrons. The Kier molecular flexibility index (Phi) is 4.62. The lowest BCUT2D eigenvalue weighted by molar-refractivity contribution is 0.363. The normalized spacial score (nSPS) is 11.2. The van der Waals surface area contributed by atoms with Crippen molar-refractivity contribution >= 4 is 5.69 Å². The number of benzene rings is 1. The van der Waals surface area contributed by atoms with Crippen molar-refractivity contribution in [2.45, 2.75) is 20.3 Å². The molecule has 0 aromatic heterocycles. The lowest BCUT2D eigenvalue weighted by Gasteiger charge is -2.25. The highest BCUT2D eigenvalue weighted by Crippen LogP contribution is 2.26. The average Bonchev–Trinajstić information content (AvgIpc) is 2.27. The summed E-state index contributed by atoms with van der Waals surface area (Å²) in [5.41, 5.74) is 6.83. The van der Waals surface area contributed by atoms with E-state index in [1.54, 1.807) is 7.11 Å². The molecule has 0 atom stereocenters. The van der Waals surface area contributed by atoms with E-state index in [9.17, 15) is 0 Å². The van der Waals surface area contributed by atoms with Gasteiger partial charge in [-0.2, -0.15) is 0 Å². The summed E-state index contributed by atoms with van der Waals surface area (Å²) in [6, 6.07) is 7.95. The third-order valence-electron chi connectivity index (χ3n) is 2.69. The highest BCUT2D eigenvalue weighted by atomic mass is 16.5. The zero-order chi connectivity index (χ0) is 12.0. The van der Waals surface area contributed by atoms with Crippen molar-refractivity contribution in [2.75, 3.05) is 25.5 Å². The second kappa shape index (κ2) is 5.75. The quantitative estimate of drug-likeness (QED) is 0.777. The minimum atomic E-state index is 0.204. The molecule has 16 heavy (non-hydrogen) atoms. The van der Waals surface area contributed by atoms with Crippen LogP contribution in [0.3, 0.4) is 0 Å². The maximum Gasteiger partial charge on any atom is 0.141 e. The van der Waals surface area contributed by atoms with Gasteiger partial charge in [0.15, 0.2) is 0 Å². The van der Waals surface area contributed by atoms with Gasteiger partial charge >= 0.3 is 0 Å². The highest BCUT2D eigenvalue weighted by molar-refractivity contribution is 5.56. The molecule has 3 heteroatoms. The van der Waals surface area contributed by atoms with Crippen LogP contribution >= 0.6 is 0 Å². The maximum absolute atomic E-state index is 5.59. The summed E-state index contributed by atoms with van der Waals surface area (Å²) in [5, 5.41) is 3.41. The van der Waals surface area contributed by atoms with Crippen molar-refractivity contribution in [2.24, 2.45) is 11.1 Å². The van der Waals surface area contributed by atoms with E-state index in [1.165, 1.54) is 0 Å². The maximum atomic E-state index is 5.59. The minimum absolute atomic E-state index is 0.204. The van der Waals surface area contributed by atoms with Crippen LogP contribution in [-0.2, 0) is 0 Å². The molecular formula is C13H22N2O. The molecule has 1 rings (SSSR count). The predicted molar refractivity (Wildman–Crippen MR) is 68.9 cm³/mol. The molecule has 0 unspecified atom stereocenters. The molecule has 0 aliphatic heterocycles. The Balaban J connectivity index is 2.60. The Hall–Kier alpha value is -1.22.